The number of hydrogen-bond acceptors (Lipinski definition) is 0. The Morgan fingerprint density at radius 3 is 1.92 bits per heavy atom. The van der Waals surface area contributed by atoms with Crippen LogP contribution in [0.2, 0.25) is 0 Å². The second kappa shape index (κ2) is 8.33. The van der Waals surface area contributed by atoms with Crippen molar-refractivity contribution in [3.63, 3.8) is 0 Å². The maximum atomic E-state index is 5.05. The molecule has 0 spiro atoms. The monoisotopic (exact) mass is 197 g/mol. The molecule has 0 fully saturated rings. The topological polar surface area (TPSA) is 0 Å². The molecule has 0 atom stereocenters. The Morgan fingerprint density at radius 2 is 1.58 bits per heavy atom. The van der Waals surface area contributed by atoms with Gasteiger partial charge in [-0.15, -0.1) is 0 Å². The first kappa shape index (κ1) is 17.4. The zero-order valence-corrected chi connectivity index (χ0v) is 7.47. The third kappa shape index (κ3) is 4.18. The first-order chi connectivity index (χ1) is 4.34. The lowest BCUT2D eigenvalue weighted by Gasteiger charge is -1.96. The standard InChI is InChI=1S/C8H9S.3FH/c1-2-7-5-3-4-6-8(7)9;;;/h3-6H,2H2,1H3;3*1H. The summed E-state index contributed by atoms with van der Waals surface area (Å²) in [7, 11) is 0. The molecule has 12 heavy (non-hydrogen) atoms. The van der Waals surface area contributed by atoms with Gasteiger partial charge in [-0.05, 0) is 18.1 Å². The van der Waals surface area contributed by atoms with E-state index in [1.807, 2.05) is 18.2 Å². The summed E-state index contributed by atoms with van der Waals surface area (Å²) in [6.07, 6.45) is 1.04. The van der Waals surface area contributed by atoms with E-state index in [1.165, 1.54) is 5.56 Å². The highest BCUT2D eigenvalue weighted by Crippen LogP contribution is 2.12. The maximum absolute atomic E-state index is 5.05. The van der Waals surface area contributed by atoms with Crippen LogP contribution in [0.25, 0.3) is 0 Å². The normalized spacial score (nSPS) is 7.08. The lowest BCUT2D eigenvalue weighted by atomic mass is 10.2. The van der Waals surface area contributed by atoms with Crippen LogP contribution in [-0.4, -0.2) is 0 Å². The summed E-state index contributed by atoms with van der Waals surface area (Å²) >= 11 is 5.05. The van der Waals surface area contributed by atoms with Crippen molar-refractivity contribution in [3.05, 3.63) is 29.8 Å². The van der Waals surface area contributed by atoms with Gasteiger partial charge in [-0.1, -0.05) is 37.8 Å². The Bertz CT molecular complexity index is 203. The molecule has 1 aromatic rings. The van der Waals surface area contributed by atoms with E-state index in [2.05, 4.69) is 13.0 Å². The molecule has 0 aliphatic rings. The molecule has 1 rings (SSSR count). The van der Waals surface area contributed by atoms with Gasteiger partial charge >= 0.3 is 0 Å². The van der Waals surface area contributed by atoms with Crippen molar-refractivity contribution in [2.45, 2.75) is 18.2 Å². The summed E-state index contributed by atoms with van der Waals surface area (Å²) in [4.78, 5) is 0.986. The van der Waals surface area contributed by atoms with Crippen molar-refractivity contribution in [3.8, 4) is 0 Å². The molecule has 0 N–H and O–H groups in total. The Morgan fingerprint density at radius 1 is 1.08 bits per heavy atom. The van der Waals surface area contributed by atoms with Crippen LogP contribution in [0, 0.1) is 0 Å². The van der Waals surface area contributed by atoms with Gasteiger partial charge in [0, 0.05) is 4.90 Å². The zero-order valence-electron chi connectivity index (χ0n) is 6.65. The number of hydrogen-bond donors (Lipinski definition) is 0. The van der Waals surface area contributed by atoms with E-state index in [-0.39, 0.29) is 14.1 Å². The fourth-order valence-electron chi connectivity index (χ4n) is 0.796. The van der Waals surface area contributed by atoms with Crippen LogP contribution in [0.15, 0.2) is 29.2 Å². The minimum atomic E-state index is 0. The van der Waals surface area contributed by atoms with Gasteiger partial charge in [0.05, 0.1) is 0 Å². The molecule has 1 radical (unpaired) electrons. The molecule has 0 saturated carbocycles. The molecule has 0 nitrogen and oxygen atoms in total. The Balaban J connectivity index is -0.000000270. The second-order valence-corrected chi connectivity index (χ2v) is 2.40. The third-order valence-electron chi connectivity index (χ3n) is 1.35. The number of halogens is 3. The first-order valence-corrected chi connectivity index (χ1v) is 3.50. The first-order valence-electron chi connectivity index (χ1n) is 3.09. The Hall–Kier alpha value is -0.770. The molecule has 0 aliphatic heterocycles. The van der Waals surface area contributed by atoms with Crippen molar-refractivity contribution >= 4 is 12.6 Å². The quantitative estimate of drug-likeness (QED) is 0.648. The van der Waals surface area contributed by atoms with Crippen LogP contribution in [-0.2, 0) is 6.42 Å². The molecule has 0 amide bonds. The minimum Gasteiger partial charge on any atom is -0.269 e. The van der Waals surface area contributed by atoms with Crippen LogP contribution < -0.4 is 0 Å². The zero-order chi connectivity index (χ0) is 6.69. The molecule has 4 heteroatoms. The van der Waals surface area contributed by atoms with Gasteiger partial charge < -0.3 is 0 Å². The second-order valence-electron chi connectivity index (χ2n) is 1.96. The van der Waals surface area contributed by atoms with Gasteiger partial charge in [0.1, 0.15) is 0 Å². The Labute approximate surface area is 75.5 Å². The highest BCUT2D eigenvalue weighted by Gasteiger charge is 1.91. The minimum absolute atomic E-state index is 0. The van der Waals surface area contributed by atoms with Crippen LogP contribution >= 0.6 is 12.6 Å². The number of aryl methyl sites for hydroxylation is 1. The largest absolute Gasteiger partial charge is 0.269 e. The molecule has 0 aromatic heterocycles. The SMILES string of the molecule is CCc1ccccc1[S].F.F.F. The lowest BCUT2D eigenvalue weighted by Crippen LogP contribution is -1.79. The van der Waals surface area contributed by atoms with Crippen LogP contribution in [0.5, 0.6) is 0 Å². The highest BCUT2D eigenvalue weighted by atomic mass is 32.1. The molecule has 0 unspecified atom stereocenters. The van der Waals surface area contributed by atoms with E-state index < -0.39 is 0 Å². The summed E-state index contributed by atoms with van der Waals surface area (Å²) in [5.74, 6) is 0. The third-order valence-corrected chi connectivity index (χ3v) is 1.75. The van der Waals surface area contributed by atoms with Crippen molar-refractivity contribution in [1.82, 2.24) is 0 Å². The summed E-state index contributed by atoms with van der Waals surface area (Å²) in [5, 5.41) is 0. The van der Waals surface area contributed by atoms with E-state index >= 15 is 0 Å². The molecule has 0 saturated heterocycles. The fraction of sp³-hybridized carbons (Fsp3) is 0.250. The van der Waals surface area contributed by atoms with Gasteiger partial charge in [0.15, 0.2) is 0 Å². The van der Waals surface area contributed by atoms with E-state index in [4.69, 9.17) is 12.6 Å². The van der Waals surface area contributed by atoms with E-state index in [1.54, 1.807) is 0 Å². The highest BCUT2D eigenvalue weighted by molar-refractivity contribution is 7.80. The van der Waals surface area contributed by atoms with Gasteiger partial charge in [-0.25, -0.2) is 0 Å². The number of benzene rings is 1. The molecular weight excluding hydrogens is 185 g/mol. The average molecular weight is 197 g/mol. The van der Waals surface area contributed by atoms with Crippen molar-refractivity contribution < 1.29 is 14.1 Å². The fourth-order valence-corrected chi connectivity index (χ4v) is 1.09. The van der Waals surface area contributed by atoms with Crippen LogP contribution in [0.1, 0.15) is 12.5 Å². The predicted octanol–water partition coefficient (Wildman–Crippen LogP) is 3.26. The summed E-state index contributed by atoms with van der Waals surface area (Å²) < 4.78 is 0. The molecular formula is C8H12F3S. The van der Waals surface area contributed by atoms with Crippen molar-refractivity contribution in [2.75, 3.05) is 0 Å². The van der Waals surface area contributed by atoms with Crippen LogP contribution in [0.4, 0.5) is 14.1 Å². The summed E-state index contributed by atoms with van der Waals surface area (Å²) in [5.41, 5.74) is 1.27. The molecule has 1 aromatic carbocycles. The van der Waals surface area contributed by atoms with Crippen LogP contribution in [0.3, 0.4) is 0 Å². The molecule has 0 aliphatic carbocycles. The van der Waals surface area contributed by atoms with E-state index in [0.29, 0.717) is 0 Å². The smallest absolute Gasteiger partial charge is 0.0408 e. The van der Waals surface area contributed by atoms with Crippen molar-refractivity contribution in [1.29, 1.82) is 0 Å². The predicted molar refractivity (Wildman–Crippen MR) is 49.2 cm³/mol. The Kier molecular flexibility index (Phi) is 12.0. The van der Waals surface area contributed by atoms with Gasteiger partial charge in [-0.2, -0.15) is 0 Å². The molecule has 0 bridgehead atoms. The van der Waals surface area contributed by atoms with E-state index in [0.717, 1.165) is 11.3 Å². The van der Waals surface area contributed by atoms with E-state index in [9.17, 15) is 0 Å². The number of rotatable bonds is 1. The van der Waals surface area contributed by atoms with Crippen molar-refractivity contribution in [2.24, 2.45) is 0 Å². The van der Waals surface area contributed by atoms with Gasteiger partial charge in [0.2, 0.25) is 0 Å². The van der Waals surface area contributed by atoms with Gasteiger partial charge in [0.25, 0.3) is 0 Å². The summed E-state index contributed by atoms with van der Waals surface area (Å²) in [6.45, 7) is 2.12. The molecule has 71 valence electrons. The maximum Gasteiger partial charge on any atom is 0.0408 e. The molecule has 0 heterocycles. The van der Waals surface area contributed by atoms with Gasteiger partial charge in [-0.3, -0.25) is 14.1 Å². The summed E-state index contributed by atoms with van der Waals surface area (Å²) in [6, 6.07) is 8.03. The lowest BCUT2D eigenvalue weighted by molar-refractivity contribution is 1.09. The average Bonchev–Trinajstić information content (AvgIpc) is 1.89.